The first-order chi connectivity index (χ1) is 9.08. The number of halogens is 2. The molecule has 0 aliphatic carbocycles. The maximum absolute atomic E-state index is 13.6. The van der Waals surface area contributed by atoms with E-state index in [0.717, 1.165) is 5.56 Å². The predicted octanol–water partition coefficient (Wildman–Crippen LogP) is 4.22. The summed E-state index contributed by atoms with van der Waals surface area (Å²) in [7, 11) is 0. The highest BCUT2D eigenvalue weighted by molar-refractivity contribution is 6.30. The summed E-state index contributed by atoms with van der Waals surface area (Å²) in [6.07, 6.45) is 0. The van der Waals surface area contributed by atoms with E-state index in [4.69, 9.17) is 11.6 Å². The summed E-state index contributed by atoms with van der Waals surface area (Å²) in [5.41, 5.74) is 1.02. The number of hydrogen-bond donors (Lipinski definition) is 1. The molecular formula is C15H13ClFNO. The maximum atomic E-state index is 13.6. The Kier molecular flexibility index (Phi) is 4.17. The van der Waals surface area contributed by atoms with Gasteiger partial charge in [0, 0.05) is 5.02 Å². The van der Waals surface area contributed by atoms with Gasteiger partial charge in [-0.1, -0.05) is 41.9 Å². The van der Waals surface area contributed by atoms with Crippen LogP contribution in [0.3, 0.4) is 0 Å². The van der Waals surface area contributed by atoms with Gasteiger partial charge >= 0.3 is 0 Å². The van der Waals surface area contributed by atoms with Crippen molar-refractivity contribution in [2.45, 2.75) is 12.8 Å². The molecule has 1 amide bonds. The van der Waals surface area contributed by atoms with Crippen molar-refractivity contribution in [1.82, 2.24) is 0 Å². The van der Waals surface area contributed by atoms with Gasteiger partial charge in [-0.05, 0) is 30.7 Å². The molecule has 0 unspecified atom stereocenters. The van der Waals surface area contributed by atoms with Crippen LogP contribution in [-0.4, -0.2) is 5.91 Å². The number of carbonyl (C=O) groups is 1. The smallest absolute Gasteiger partial charge is 0.231 e. The third-order valence-corrected chi connectivity index (χ3v) is 3.12. The van der Waals surface area contributed by atoms with Crippen molar-refractivity contribution in [2.75, 3.05) is 5.32 Å². The largest absolute Gasteiger partial charge is 0.323 e. The molecule has 0 aliphatic heterocycles. The highest BCUT2D eigenvalue weighted by Crippen LogP contribution is 2.21. The summed E-state index contributed by atoms with van der Waals surface area (Å²) >= 11 is 5.66. The van der Waals surface area contributed by atoms with Crippen LogP contribution in [0, 0.1) is 5.82 Å². The lowest BCUT2D eigenvalue weighted by atomic mass is 10.0. The van der Waals surface area contributed by atoms with Gasteiger partial charge in [-0.3, -0.25) is 4.79 Å². The van der Waals surface area contributed by atoms with Crippen LogP contribution in [0.2, 0.25) is 5.02 Å². The van der Waals surface area contributed by atoms with Gasteiger partial charge in [-0.2, -0.15) is 0 Å². The normalized spacial score (nSPS) is 11.9. The van der Waals surface area contributed by atoms with Crippen LogP contribution in [0.25, 0.3) is 0 Å². The molecule has 0 aromatic heterocycles. The van der Waals surface area contributed by atoms with Gasteiger partial charge < -0.3 is 5.32 Å². The number of anilines is 1. The lowest BCUT2D eigenvalue weighted by molar-refractivity contribution is -0.117. The first-order valence-electron chi connectivity index (χ1n) is 5.89. The Labute approximate surface area is 116 Å². The van der Waals surface area contributed by atoms with Gasteiger partial charge in [0.05, 0.1) is 11.6 Å². The van der Waals surface area contributed by atoms with Crippen LogP contribution in [0.15, 0.2) is 48.5 Å². The molecular weight excluding hydrogens is 265 g/mol. The first kappa shape index (κ1) is 13.6. The molecule has 2 nitrogen and oxygen atoms in total. The lowest BCUT2D eigenvalue weighted by Crippen LogP contribution is -2.19. The van der Waals surface area contributed by atoms with Crippen LogP contribution < -0.4 is 5.32 Å². The third-order valence-electron chi connectivity index (χ3n) is 2.88. The molecule has 0 aliphatic rings. The molecule has 0 bridgehead atoms. The van der Waals surface area contributed by atoms with Gasteiger partial charge in [0.25, 0.3) is 0 Å². The molecule has 0 radical (unpaired) electrons. The molecule has 1 atom stereocenters. The summed E-state index contributed by atoms with van der Waals surface area (Å²) in [6, 6.07) is 13.5. The molecule has 2 aromatic rings. The van der Waals surface area contributed by atoms with Gasteiger partial charge in [0.15, 0.2) is 0 Å². The molecule has 19 heavy (non-hydrogen) atoms. The van der Waals surface area contributed by atoms with E-state index in [1.54, 1.807) is 6.92 Å². The zero-order valence-corrected chi connectivity index (χ0v) is 11.1. The molecule has 1 N–H and O–H groups in total. The second kappa shape index (κ2) is 5.85. The Morgan fingerprint density at radius 2 is 1.89 bits per heavy atom. The fourth-order valence-electron chi connectivity index (χ4n) is 1.72. The number of hydrogen-bond acceptors (Lipinski definition) is 1. The highest BCUT2D eigenvalue weighted by atomic mass is 35.5. The summed E-state index contributed by atoms with van der Waals surface area (Å²) in [4.78, 5) is 12.0. The van der Waals surface area contributed by atoms with Crippen LogP contribution in [-0.2, 0) is 4.79 Å². The zero-order chi connectivity index (χ0) is 13.8. The molecule has 2 rings (SSSR count). The Bertz CT molecular complexity index is 586. The quantitative estimate of drug-likeness (QED) is 0.894. The molecule has 4 heteroatoms. The second-order valence-corrected chi connectivity index (χ2v) is 4.68. The lowest BCUT2D eigenvalue weighted by Gasteiger charge is -2.13. The number of amides is 1. The van der Waals surface area contributed by atoms with E-state index in [-0.39, 0.29) is 17.5 Å². The van der Waals surface area contributed by atoms with Crippen molar-refractivity contribution in [3.63, 3.8) is 0 Å². The van der Waals surface area contributed by atoms with E-state index in [2.05, 4.69) is 5.32 Å². The average molecular weight is 278 g/mol. The number of nitrogens with one attached hydrogen (secondary N) is 1. The Hall–Kier alpha value is -1.87. The number of rotatable bonds is 3. The average Bonchev–Trinajstić information content (AvgIpc) is 2.42. The molecule has 0 saturated carbocycles. The Balaban J connectivity index is 2.13. The molecule has 2 aromatic carbocycles. The van der Waals surface area contributed by atoms with E-state index in [0.29, 0.717) is 5.02 Å². The predicted molar refractivity (Wildman–Crippen MR) is 74.9 cm³/mol. The SMILES string of the molecule is C[C@H](C(=O)Nc1ccc(Cl)cc1F)c1ccccc1. The van der Waals surface area contributed by atoms with E-state index >= 15 is 0 Å². The van der Waals surface area contributed by atoms with E-state index in [1.165, 1.54) is 18.2 Å². The van der Waals surface area contributed by atoms with Gasteiger partial charge in [-0.25, -0.2) is 4.39 Å². The summed E-state index contributed by atoms with van der Waals surface area (Å²) in [6.45, 7) is 1.78. The van der Waals surface area contributed by atoms with Crippen LogP contribution >= 0.6 is 11.6 Å². The minimum Gasteiger partial charge on any atom is -0.323 e. The van der Waals surface area contributed by atoms with Gasteiger partial charge in [-0.15, -0.1) is 0 Å². The van der Waals surface area contributed by atoms with E-state index in [9.17, 15) is 9.18 Å². The van der Waals surface area contributed by atoms with E-state index in [1.807, 2.05) is 30.3 Å². The van der Waals surface area contributed by atoms with Crippen LogP contribution in [0.4, 0.5) is 10.1 Å². The molecule has 0 heterocycles. The van der Waals surface area contributed by atoms with Crippen LogP contribution in [0.5, 0.6) is 0 Å². The Morgan fingerprint density at radius 1 is 1.21 bits per heavy atom. The van der Waals surface area contributed by atoms with Crippen molar-refractivity contribution >= 4 is 23.2 Å². The first-order valence-corrected chi connectivity index (χ1v) is 6.26. The third kappa shape index (κ3) is 3.32. The minimum atomic E-state index is -0.541. The molecule has 98 valence electrons. The Morgan fingerprint density at radius 3 is 2.53 bits per heavy atom. The fourth-order valence-corrected chi connectivity index (χ4v) is 1.88. The summed E-state index contributed by atoms with van der Waals surface area (Å²) in [5, 5.41) is 2.86. The fraction of sp³-hybridized carbons (Fsp3) is 0.133. The zero-order valence-electron chi connectivity index (χ0n) is 10.4. The monoisotopic (exact) mass is 277 g/mol. The summed E-state index contributed by atoms with van der Waals surface area (Å²) < 4.78 is 13.6. The van der Waals surface area contributed by atoms with Crippen molar-refractivity contribution in [2.24, 2.45) is 0 Å². The van der Waals surface area contributed by atoms with E-state index < -0.39 is 5.82 Å². The molecule has 0 spiro atoms. The molecule has 0 saturated heterocycles. The standard InChI is InChI=1S/C15H13ClFNO/c1-10(11-5-3-2-4-6-11)15(19)18-14-8-7-12(16)9-13(14)17/h2-10H,1H3,(H,18,19)/t10-/m0/s1. The summed E-state index contributed by atoms with van der Waals surface area (Å²) in [5.74, 6) is -1.15. The van der Waals surface area contributed by atoms with Crippen molar-refractivity contribution in [1.29, 1.82) is 0 Å². The topological polar surface area (TPSA) is 29.1 Å². The van der Waals surface area contributed by atoms with Crippen molar-refractivity contribution in [3.8, 4) is 0 Å². The van der Waals surface area contributed by atoms with Crippen LogP contribution in [0.1, 0.15) is 18.4 Å². The van der Waals surface area contributed by atoms with Gasteiger partial charge in [0.1, 0.15) is 5.82 Å². The molecule has 0 fully saturated rings. The van der Waals surface area contributed by atoms with Gasteiger partial charge in [0.2, 0.25) is 5.91 Å². The van der Waals surface area contributed by atoms with Crippen molar-refractivity contribution < 1.29 is 9.18 Å². The second-order valence-electron chi connectivity index (χ2n) is 4.25. The van der Waals surface area contributed by atoms with Crippen molar-refractivity contribution in [3.05, 3.63) is 64.9 Å². The maximum Gasteiger partial charge on any atom is 0.231 e. The number of benzene rings is 2. The highest BCUT2D eigenvalue weighted by Gasteiger charge is 2.16. The number of carbonyl (C=O) groups excluding carboxylic acids is 1. The minimum absolute atomic E-state index is 0.136.